The molecule has 3 aliphatic rings. The monoisotopic (exact) mass is 308 g/mol. The Kier molecular flexibility index (Phi) is 3.34. The summed E-state index contributed by atoms with van der Waals surface area (Å²) in [6, 6.07) is 0. The van der Waals surface area contributed by atoms with Gasteiger partial charge < -0.3 is 14.5 Å². The van der Waals surface area contributed by atoms with Crippen molar-refractivity contribution in [1.82, 2.24) is 15.1 Å². The molecule has 114 valence electrons. The maximum absolute atomic E-state index is 12.6. The van der Waals surface area contributed by atoms with Crippen LogP contribution in [-0.4, -0.2) is 60.4 Å². The van der Waals surface area contributed by atoms with E-state index in [0.717, 1.165) is 50.6 Å². The number of carbonyl (C=O) groups excluding carboxylic acids is 1. The van der Waals surface area contributed by atoms with Gasteiger partial charge in [-0.2, -0.15) is 0 Å². The summed E-state index contributed by atoms with van der Waals surface area (Å²) in [5.41, 5.74) is 2.05. The van der Waals surface area contributed by atoms with E-state index in [1.54, 1.807) is 16.8 Å². The molecule has 1 atom stereocenters. The topological polar surface area (TPSA) is 58.6 Å². The highest BCUT2D eigenvalue weighted by Gasteiger charge is 2.59. The number of morpholine rings is 1. The van der Waals surface area contributed by atoms with Gasteiger partial charge in [-0.25, -0.2) is 0 Å². The first kappa shape index (κ1) is 13.5. The second-order valence-electron chi connectivity index (χ2n) is 6.27. The smallest absolute Gasteiger partial charge is 0.226 e. The van der Waals surface area contributed by atoms with E-state index in [-0.39, 0.29) is 11.3 Å². The van der Waals surface area contributed by atoms with E-state index < -0.39 is 0 Å². The highest BCUT2D eigenvalue weighted by molar-refractivity contribution is 7.13. The van der Waals surface area contributed by atoms with Crippen LogP contribution in [-0.2, 0) is 9.53 Å². The molecule has 3 heterocycles. The third-order valence-corrected chi connectivity index (χ3v) is 5.94. The fourth-order valence-corrected chi connectivity index (χ4v) is 4.32. The fourth-order valence-electron chi connectivity index (χ4n) is 3.70. The lowest BCUT2D eigenvalue weighted by molar-refractivity contribution is -0.137. The van der Waals surface area contributed by atoms with E-state index in [4.69, 9.17) is 4.74 Å². The Bertz CT molecular complexity index is 507. The van der Waals surface area contributed by atoms with Gasteiger partial charge in [-0.1, -0.05) is 11.3 Å². The minimum absolute atomic E-state index is 0.257. The molecule has 2 aliphatic heterocycles. The Morgan fingerprint density at radius 1 is 1.29 bits per heavy atom. The highest BCUT2D eigenvalue weighted by atomic mass is 32.1. The predicted molar refractivity (Wildman–Crippen MR) is 79.3 cm³/mol. The van der Waals surface area contributed by atoms with Crippen molar-refractivity contribution in [1.29, 1.82) is 0 Å². The predicted octanol–water partition coefficient (Wildman–Crippen LogP) is 1.00. The number of anilines is 1. The van der Waals surface area contributed by atoms with Crippen molar-refractivity contribution in [3.05, 3.63) is 5.51 Å². The van der Waals surface area contributed by atoms with Crippen LogP contribution in [0.4, 0.5) is 5.13 Å². The van der Waals surface area contributed by atoms with Gasteiger partial charge in [-0.15, -0.1) is 10.2 Å². The fraction of sp³-hybridized carbons (Fsp3) is 0.786. The van der Waals surface area contributed by atoms with Crippen molar-refractivity contribution in [2.45, 2.75) is 19.3 Å². The molecule has 3 fully saturated rings. The molecule has 2 saturated heterocycles. The number of nitrogens with zero attached hydrogens (tertiary/aromatic N) is 4. The van der Waals surface area contributed by atoms with Crippen molar-refractivity contribution >= 4 is 22.4 Å². The number of hydrogen-bond donors (Lipinski definition) is 0. The van der Waals surface area contributed by atoms with Crippen LogP contribution in [0.15, 0.2) is 5.51 Å². The Labute approximate surface area is 128 Å². The first-order valence-electron chi connectivity index (χ1n) is 7.66. The average Bonchev–Trinajstić information content (AvgIpc) is 2.98. The van der Waals surface area contributed by atoms with Crippen molar-refractivity contribution < 1.29 is 9.53 Å². The van der Waals surface area contributed by atoms with Crippen molar-refractivity contribution in [2.24, 2.45) is 11.3 Å². The van der Waals surface area contributed by atoms with E-state index in [1.165, 1.54) is 0 Å². The van der Waals surface area contributed by atoms with Gasteiger partial charge in [0, 0.05) is 32.1 Å². The standard InChI is InChI=1S/C14H20N4O2S/c19-12(17-5-7-20-8-6-17)11-9-14(11)1-3-18(4-2-14)13-16-15-10-21-13/h10-11H,1-9H2/t11-/m0/s1. The van der Waals surface area contributed by atoms with Crippen LogP contribution >= 0.6 is 11.3 Å². The molecule has 7 heteroatoms. The summed E-state index contributed by atoms with van der Waals surface area (Å²) in [5.74, 6) is 0.620. The molecule has 0 bridgehead atoms. The van der Waals surface area contributed by atoms with Gasteiger partial charge in [0.15, 0.2) is 0 Å². The molecule has 6 nitrogen and oxygen atoms in total. The SMILES string of the molecule is O=C([C@@H]1CC12CCN(c1nncs1)CC2)N1CCOCC1. The molecular formula is C14H20N4O2S. The average molecular weight is 308 g/mol. The van der Waals surface area contributed by atoms with Gasteiger partial charge in [0.1, 0.15) is 5.51 Å². The number of piperidine rings is 1. The molecule has 1 aromatic rings. The maximum Gasteiger partial charge on any atom is 0.226 e. The van der Waals surface area contributed by atoms with Gasteiger partial charge in [-0.3, -0.25) is 4.79 Å². The van der Waals surface area contributed by atoms with Crippen molar-refractivity contribution in [3.8, 4) is 0 Å². The molecule has 0 unspecified atom stereocenters. The van der Waals surface area contributed by atoms with E-state index in [0.29, 0.717) is 19.1 Å². The van der Waals surface area contributed by atoms with Gasteiger partial charge in [0.05, 0.1) is 13.2 Å². The molecule has 0 aromatic carbocycles. The highest BCUT2D eigenvalue weighted by Crippen LogP contribution is 2.60. The summed E-state index contributed by atoms with van der Waals surface area (Å²) in [7, 11) is 0. The van der Waals surface area contributed by atoms with E-state index in [9.17, 15) is 4.79 Å². The minimum Gasteiger partial charge on any atom is -0.378 e. The molecular weight excluding hydrogens is 288 g/mol. The van der Waals surface area contributed by atoms with Crippen LogP contribution in [0.2, 0.25) is 0 Å². The molecule has 0 radical (unpaired) electrons. The second-order valence-corrected chi connectivity index (χ2v) is 7.08. The first-order valence-corrected chi connectivity index (χ1v) is 8.54. The normalized spacial score (nSPS) is 27.9. The number of ether oxygens (including phenoxy) is 1. The van der Waals surface area contributed by atoms with Crippen LogP contribution in [0.25, 0.3) is 0 Å². The van der Waals surface area contributed by atoms with E-state index in [2.05, 4.69) is 15.1 Å². The molecule has 1 saturated carbocycles. The zero-order chi connectivity index (χ0) is 14.3. The van der Waals surface area contributed by atoms with E-state index in [1.807, 2.05) is 4.90 Å². The molecule has 4 rings (SSSR count). The molecule has 1 amide bonds. The maximum atomic E-state index is 12.6. The minimum atomic E-state index is 0.257. The largest absolute Gasteiger partial charge is 0.378 e. The molecule has 1 spiro atoms. The Balaban J connectivity index is 1.35. The lowest BCUT2D eigenvalue weighted by Gasteiger charge is -2.33. The second kappa shape index (κ2) is 5.21. The zero-order valence-electron chi connectivity index (χ0n) is 12.0. The lowest BCUT2D eigenvalue weighted by atomic mass is 9.90. The van der Waals surface area contributed by atoms with Crippen LogP contribution in [0.3, 0.4) is 0 Å². The number of aromatic nitrogens is 2. The molecule has 0 N–H and O–H groups in total. The summed E-state index contributed by atoms with van der Waals surface area (Å²) in [6.45, 7) is 4.92. The van der Waals surface area contributed by atoms with Gasteiger partial charge in [-0.05, 0) is 24.7 Å². The van der Waals surface area contributed by atoms with Gasteiger partial charge >= 0.3 is 0 Å². The number of rotatable bonds is 2. The van der Waals surface area contributed by atoms with Crippen LogP contribution in [0.5, 0.6) is 0 Å². The van der Waals surface area contributed by atoms with Crippen LogP contribution in [0.1, 0.15) is 19.3 Å². The van der Waals surface area contributed by atoms with Crippen molar-refractivity contribution in [2.75, 3.05) is 44.3 Å². The molecule has 1 aromatic heterocycles. The zero-order valence-corrected chi connectivity index (χ0v) is 12.8. The quantitative estimate of drug-likeness (QED) is 0.816. The summed E-state index contributed by atoms with van der Waals surface area (Å²) in [5, 5.41) is 9.06. The summed E-state index contributed by atoms with van der Waals surface area (Å²) < 4.78 is 5.33. The summed E-state index contributed by atoms with van der Waals surface area (Å²) in [6.07, 6.45) is 3.29. The lowest BCUT2D eigenvalue weighted by Crippen LogP contribution is -2.43. The third kappa shape index (κ3) is 2.42. The molecule has 21 heavy (non-hydrogen) atoms. The van der Waals surface area contributed by atoms with Crippen LogP contribution < -0.4 is 4.90 Å². The first-order chi connectivity index (χ1) is 10.3. The Morgan fingerprint density at radius 3 is 2.71 bits per heavy atom. The number of carbonyl (C=O) groups is 1. The third-order valence-electron chi connectivity index (χ3n) is 5.19. The molecule has 1 aliphatic carbocycles. The number of hydrogen-bond acceptors (Lipinski definition) is 6. The van der Waals surface area contributed by atoms with Gasteiger partial charge in [0.2, 0.25) is 11.0 Å². The Hall–Kier alpha value is -1.21. The van der Waals surface area contributed by atoms with Crippen LogP contribution in [0, 0.1) is 11.3 Å². The summed E-state index contributed by atoms with van der Waals surface area (Å²) >= 11 is 1.59. The number of amides is 1. The van der Waals surface area contributed by atoms with Gasteiger partial charge in [0.25, 0.3) is 0 Å². The summed E-state index contributed by atoms with van der Waals surface area (Å²) in [4.78, 5) is 16.9. The Morgan fingerprint density at radius 2 is 2.05 bits per heavy atom. The van der Waals surface area contributed by atoms with E-state index >= 15 is 0 Å². The van der Waals surface area contributed by atoms with Crippen molar-refractivity contribution in [3.63, 3.8) is 0 Å².